The van der Waals surface area contributed by atoms with Crippen LogP contribution >= 0.6 is 0 Å². The number of carbonyl (C=O) groups is 4. The van der Waals surface area contributed by atoms with Gasteiger partial charge in [0.1, 0.15) is 24.6 Å². The molecule has 0 radical (unpaired) electrons. The quantitative estimate of drug-likeness (QED) is 0.223. The van der Waals surface area contributed by atoms with Crippen molar-refractivity contribution in [3.63, 3.8) is 0 Å². The molecule has 16 nitrogen and oxygen atoms in total. The van der Waals surface area contributed by atoms with Crippen LogP contribution < -0.4 is 0 Å². The monoisotopic (exact) mass is 843 g/mol. The molecule has 60 heavy (non-hydrogen) atoms. The van der Waals surface area contributed by atoms with E-state index in [0.29, 0.717) is 49.7 Å². The van der Waals surface area contributed by atoms with Crippen molar-refractivity contribution < 1.29 is 53.1 Å². The molecule has 16 heteroatoms. The standard InChI is InChI=1S/C44H69N5O11/c1-10-31-18-25(2)17-26(3)19-37(57-8)40-38(58-9)21-28(5)44(55,60-40)41(52)42(53)48-16-12-11-13-33(48)43(54)59-39(29(6)34(50)23-35(31)51)27(4)20-30-14-15-32(36(22-30)56-7)49-24-45-46-47-49/h18,20,24-26,28-30,32-34,36-40,50,55H,10-17,19,21-23H2,1-9H3/t25?,26-,28+,29+,30-,32-,33-,34-,36+,37-,38-,39+,40+,44+/m0/s1. The van der Waals surface area contributed by atoms with Crippen LogP contribution in [0.15, 0.2) is 29.6 Å². The Morgan fingerprint density at radius 1 is 0.950 bits per heavy atom. The zero-order valence-electron chi connectivity index (χ0n) is 37.0. The summed E-state index contributed by atoms with van der Waals surface area (Å²) in [6.07, 6.45) is 6.45. The number of Topliss-reactive ketones (excluding diaryl/α,β-unsaturated/α-hetero) is 2. The summed E-state index contributed by atoms with van der Waals surface area (Å²) >= 11 is 0. The lowest BCUT2D eigenvalue weighted by Crippen LogP contribution is -2.64. The Hall–Kier alpha value is -3.41. The number of nitrogens with zero attached hydrogens (tertiary/aromatic N) is 5. The molecule has 1 amide bonds. The lowest BCUT2D eigenvalue weighted by atomic mass is 9.81. The molecule has 2 saturated heterocycles. The number of amides is 1. The van der Waals surface area contributed by atoms with E-state index in [9.17, 15) is 29.4 Å². The summed E-state index contributed by atoms with van der Waals surface area (Å²) in [5.74, 6) is -7.08. The molecule has 2 N–H and O–H groups in total. The van der Waals surface area contributed by atoms with Crippen LogP contribution in [0.5, 0.6) is 0 Å². The normalized spacial score (nSPS) is 38.7. The smallest absolute Gasteiger partial charge is 0.329 e. The van der Waals surface area contributed by atoms with Gasteiger partial charge in [-0.3, -0.25) is 14.4 Å². The van der Waals surface area contributed by atoms with Crippen LogP contribution in [-0.2, 0) is 42.9 Å². The van der Waals surface area contributed by atoms with Gasteiger partial charge in [-0.25, -0.2) is 9.48 Å². The zero-order valence-corrected chi connectivity index (χ0v) is 37.0. The predicted molar refractivity (Wildman–Crippen MR) is 219 cm³/mol. The van der Waals surface area contributed by atoms with Gasteiger partial charge < -0.3 is 38.8 Å². The summed E-state index contributed by atoms with van der Waals surface area (Å²) in [6, 6.07) is -1.18. The Morgan fingerprint density at radius 2 is 1.65 bits per heavy atom. The fourth-order valence-electron chi connectivity index (χ4n) is 10.0. The maximum atomic E-state index is 14.4. The summed E-state index contributed by atoms with van der Waals surface area (Å²) in [5, 5.41) is 35.5. The van der Waals surface area contributed by atoms with Crippen molar-refractivity contribution in [2.75, 3.05) is 27.9 Å². The molecule has 0 spiro atoms. The Balaban J connectivity index is 1.51. The highest BCUT2D eigenvalue weighted by Gasteiger charge is 2.56. The largest absolute Gasteiger partial charge is 0.456 e. The number of hydrogen-bond acceptors (Lipinski definition) is 14. The Morgan fingerprint density at radius 3 is 2.30 bits per heavy atom. The number of cyclic esters (lactones) is 1. The minimum Gasteiger partial charge on any atom is -0.456 e. The number of methoxy groups -OCH3 is 3. The summed E-state index contributed by atoms with van der Waals surface area (Å²) in [4.78, 5) is 58.1. The number of hydrogen-bond donors (Lipinski definition) is 2. The number of ether oxygens (including phenoxy) is 5. The predicted octanol–water partition coefficient (Wildman–Crippen LogP) is 4.34. The van der Waals surface area contributed by atoms with Crippen LogP contribution in [0.2, 0.25) is 0 Å². The summed E-state index contributed by atoms with van der Waals surface area (Å²) in [5.41, 5.74) is 1.30. The maximum absolute atomic E-state index is 14.4. The van der Waals surface area contributed by atoms with Crippen LogP contribution in [-0.4, -0.2) is 135 Å². The van der Waals surface area contributed by atoms with Gasteiger partial charge in [0.05, 0.1) is 30.5 Å². The number of allylic oxidation sites excluding steroid dienone is 3. The second-order valence-corrected chi connectivity index (χ2v) is 17.9. The average molecular weight is 844 g/mol. The molecule has 5 rings (SSSR count). The Labute approximate surface area is 354 Å². The summed E-state index contributed by atoms with van der Waals surface area (Å²) in [7, 11) is 4.73. The minimum absolute atomic E-state index is 0.00940. The molecule has 2 bridgehead atoms. The summed E-state index contributed by atoms with van der Waals surface area (Å²) < 4.78 is 31.9. The van der Waals surface area contributed by atoms with Crippen LogP contribution in [0, 0.1) is 29.6 Å². The molecule has 1 aliphatic carbocycles. The molecule has 3 fully saturated rings. The third kappa shape index (κ3) is 10.8. The molecular weight excluding hydrogens is 775 g/mol. The number of fused-ring (bicyclic) bond motifs is 3. The molecule has 14 atom stereocenters. The van der Waals surface area contributed by atoms with Crippen molar-refractivity contribution >= 4 is 23.4 Å². The fraction of sp³-hybridized carbons (Fsp3) is 0.795. The molecule has 4 heterocycles. The lowest BCUT2D eigenvalue weighted by molar-refractivity contribution is -0.302. The van der Waals surface area contributed by atoms with Gasteiger partial charge >= 0.3 is 5.97 Å². The van der Waals surface area contributed by atoms with E-state index in [2.05, 4.69) is 22.4 Å². The second-order valence-electron chi connectivity index (χ2n) is 17.9. The molecule has 336 valence electrons. The van der Waals surface area contributed by atoms with Crippen LogP contribution in [0.25, 0.3) is 0 Å². The molecule has 1 saturated carbocycles. The lowest BCUT2D eigenvalue weighted by Gasteiger charge is -2.47. The zero-order chi connectivity index (χ0) is 43.9. The van der Waals surface area contributed by atoms with E-state index >= 15 is 0 Å². The Kier molecular flexibility index (Phi) is 16.8. The van der Waals surface area contributed by atoms with Crippen molar-refractivity contribution in [1.82, 2.24) is 25.1 Å². The van der Waals surface area contributed by atoms with E-state index in [1.54, 1.807) is 32.0 Å². The van der Waals surface area contributed by atoms with Gasteiger partial charge in [-0.15, -0.1) is 5.10 Å². The van der Waals surface area contributed by atoms with E-state index < -0.39 is 71.8 Å². The maximum Gasteiger partial charge on any atom is 0.329 e. The van der Waals surface area contributed by atoms with Gasteiger partial charge in [-0.1, -0.05) is 46.8 Å². The molecule has 1 aromatic rings. The molecule has 3 aliphatic heterocycles. The topological polar surface area (TPSA) is 202 Å². The first kappa shape index (κ1) is 47.6. The van der Waals surface area contributed by atoms with Gasteiger partial charge in [0, 0.05) is 46.1 Å². The third-order valence-electron chi connectivity index (χ3n) is 13.6. The molecular formula is C44H69N5O11. The molecule has 1 unspecified atom stereocenters. The number of aliphatic hydroxyl groups excluding tert-OH is 1. The molecule has 0 aromatic carbocycles. The van der Waals surface area contributed by atoms with Gasteiger partial charge in [0.25, 0.3) is 11.7 Å². The van der Waals surface area contributed by atoms with Crippen molar-refractivity contribution in [1.29, 1.82) is 0 Å². The Bertz CT molecular complexity index is 1690. The molecule has 4 aliphatic rings. The number of esters is 1. The van der Waals surface area contributed by atoms with E-state index in [-0.39, 0.29) is 61.5 Å². The summed E-state index contributed by atoms with van der Waals surface area (Å²) in [6.45, 7) is 11.4. The van der Waals surface area contributed by atoms with Crippen LogP contribution in [0.1, 0.15) is 118 Å². The van der Waals surface area contributed by atoms with Gasteiger partial charge in [-0.2, -0.15) is 0 Å². The first-order valence-corrected chi connectivity index (χ1v) is 21.9. The van der Waals surface area contributed by atoms with Crippen molar-refractivity contribution in [2.45, 2.75) is 167 Å². The highest BCUT2D eigenvalue weighted by Crippen LogP contribution is 2.40. The van der Waals surface area contributed by atoms with Crippen molar-refractivity contribution in [3.8, 4) is 0 Å². The van der Waals surface area contributed by atoms with E-state index in [1.807, 2.05) is 32.9 Å². The van der Waals surface area contributed by atoms with Gasteiger partial charge in [0.2, 0.25) is 5.79 Å². The van der Waals surface area contributed by atoms with Crippen LogP contribution in [0.4, 0.5) is 0 Å². The van der Waals surface area contributed by atoms with Crippen LogP contribution in [0.3, 0.4) is 0 Å². The number of ketones is 2. The first-order chi connectivity index (χ1) is 28.6. The molecule has 1 aromatic heterocycles. The van der Waals surface area contributed by atoms with Gasteiger partial charge in [-0.05, 0) is 110 Å². The van der Waals surface area contributed by atoms with E-state index in [0.717, 1.165) is 12.8 Å². The number of tetrazole rings is 1. The highest BCUT2D eigenvalue weighted by molar-refractivity contribution is 6.39. The number of rotatable bonds is 7. The van der Waals surface area contributed by atoms with Crippen molar-refractivity contribution in [3.05, 3.63) is 29.6 Å². The number of piperidine rings is 1. The number of aliphatic hydroxyl groups is 2. The highest BCUT2D eigenvalue weighted by atomic mass is 16.7. The van der Waals surface area contributed by atoms with Gasteiger partial charge in [0.15, 0.2) is 5.78 Å². The number of carbonyl (C=O) groups excluding carboxylic acids is 4. The van der Waals surface area contributed by atoms with Crippen molar-refractivity contribution in [2.24, 2.45) is 29.6 Å². The second kappa shape index (κ2) is 21.1. The third-order valence-corrected chi connectivity index (χ3v) is 13.6. The number of aromatic nitrogens is 4. The van der Waals surface area contributed by atoms with E-state index in [4.69, 9.17) is 23.7 Å². The minimum atomic E-state index is -2.50. The van der Waals surface area contributed by atoms with E-state index in [1.165, 1.54) is 19.1 Å². The fourth-order valence-corrected chi connectivity index (χ4v) is 10.0. The first-order valence-electron chi connectivity index (χ1n) is 21.9. The average Bonchev–Trinajstić information content (AvgIpc) is 3.78. The SMILES string of the molecule is CCC1=CC(C)C[C@H](C)C[C@H](OC)[C@H]2O[C@@](O)(C(=O)C(=O)N3CCCC[C@H]3C(=O)O[C@H](C(C)=C[C@@H]3CC[C@H](n4cnnn4)[C@H](OC)C3)[C@H](C)[C@@H](O)CC1=O)[C@H](C)C[C@@H]2OC.